The van der Waals surface area contributed by atoms with Crippen molar-refractivity contribution in [3.63, 3.8) is 0 Å². The van der Waals surface area contributed by atoms with Crippen LogP contribution in [0.3, 0.4) is 0 Å². The number of hydrogen-bond acceptors (Lipinski definition) is 3. The summed E-state index contributed by atoms with van der Waals surface area (Å²) in [6.07, 6.45) is 3.63. The smallest absolute Gasteiger partial charge is 0.255 e. The highest BCUT2D eigenvalue weighted by Gasteiger charge is 2.48. The molecule has 0 aromatic heterocycles. The number of carbonyl (C=O) groups is 3. The van der Waals surface area contributed by atoms with Crippen LogP contribution in [-0.2, 0) is 9.59 Å². The molecular weight excluding hydrogens is 328 g/mol. The first-order valence-corrected chi connectivity index (χ1v) is 8.99. The molecule has 0 unspecified atom stereocenters. The average Bonchev–Trinajstić information content (AvgIpc) is 2.94. The van der Waals surface area contributed by atoms with E-state index < -0.39 is 0 Å². The Morgan fingerprint density at radius 2 is 1.42 bits per heavy atom. The summed E-state index contributed by atoms with van der Waals surface area (Å²) in [5, 5.41) is 2.82. The zero-order valence-corrected chi connectivity index (χ0v) is 14.4. The van der Waals surface area contributed by atoms with Crippen molar-refractivity contribution in [1.29, 1.82) is 0 Å². The van der Waals surface area contributed by atoms with E-state index in [9.17, 15) is 14.4 Å². The lowest BCUT2D eigenvalue weighted by molar-refractivity contribution is -0.122. The zero-order chi connectivity index (χ0) is 18.1. The van der Waals surface area contributed by atoms with E-state index in [-0.39, 0.29) is 29.6 Å². The molecule has 4 rings (SSSR count). The standard InChI is InChI=1S/C21H20N2O3/c24-19(14-6-2-1-3-7-14)22-15-10-12-16(13-11-15)23-20(25)17-8-4-5-9-18(17)21(23)26/h1-3,6-7,10-13,17-18H,4-5,8-9H2,(H,22,24)/t17-,18-/m0/s1. The van der Waals surface area contributed by atoms with Gasteiger partial charge in [-0.15, -0.1) is 0 Å². The van der Waals surface area contributed by atoms with Crippen molar-refractivity contribution in [2.75, 3.05) is 10.2 Å². The van der Waals surface area contributed by atoms with Crippen LogP contribution >= 0.6 is 0 Å². The number of anilines is 2. The molecule has 0 radical (unpaired) electrons. The zero-order valence-electron chi connectivity index (χ0n) is 14.4. The first-order chi connectivity index (χ1) is 12.6. The Morgan fingerprint density at radius 3 is 2.00 bits per heavy atom. The molecule has 1 heterocycles. The van der Waals surface area contributed by atoms with Crippen LogP contribution in [0.2, 0.25) is 0 Å². The molecule has 2 atom stereocenters. The predicted molar refractivity (Wildman–Crippen MR) is 98.8 cm³/mol. The van der Waals surface area contributed by atoms with Gasteiger partial charge in [0.2, 0.25) is 11.8 Å². The van der Waals surface area contributed by atoms with E-state index in [1.54, 1.807) is 36.4 Å². The number of imide groups is 1. The van der Waals surface area contributed by atoms with Crippen molar-refractivity contribution in [1.82, 2.24) is 0 Å². The van der Waals surface area contributed by atoms with E-state index in [4.69, 9.17) is 0 Å². The number of fused-ring (bicyclic) bond motifs is 1. The Labute approximate surface area is 152 Å². The predicted octanol–water partition coefficient (Wildman–Crippen LogP) is 3.62. The van der Waals surface area contributed by atoms with E-state index in [2.05, 4.69) is 5.32 Å². The molecule has 2 aromatic carbocycles. The molecule has 1 aliphatic heterocycles. The van der Waals surface area contributed by atoms with Crippen LogP contribution in [-0.4, -0.2) is 17.7 Å². The molecule has 26 heavy (non-hydrogen) atoms. The van der Waals surface area contributed by atoms with Gasteiger partial charge in [0.15, 0.2) is 0 Å². The van der Waals surface area contributed by atoms with Crippen LogP contribution in [0.5, 0.6) is 0 Å². The van der Waals surface area contributed by atoms with Crippen molar-refractivity contribution in [2.24, 2.45) is 11.8 Å². The minimum atomic E-state index is -0.197. The summed E-state index contributed by atoms with van der Waals surface area (Å²) in [5.41, 5.74) is 1.77. The highest BCUT2D eigenvalue weighted by molar-refractivity contribution is 6.22. The third-order valence-corrected chi connectivity index (χ3v) is 5.26. The molecule has 5 nitrogen and oxygen atoms in total. The van der Waals surface area contributed by atoms with E-state index >= 15 is 0 Å². The van der Waals surface area contributed by atoms with Crippen molar-refractivity contribution >= 4 is 29.1 Å². The molecule has 3 amide bonds. The van der Waals surface area contributed by atoms with Gasteiger partial charge in [0.05, 0.1) is 17.5 Å². The van der Waals surface area contributed by atoms with Crippen molar-refractivity contribution in [3.05, 3.63) is 60.2 Å². The lowest BCUT2D eigenvalue weighted by Crippen LogP contribution is -2.30. The van der Waals surface area contributed by atoms with Crippen LogP contribution in [0.1, 0.15) is 36.0 Å². The summed E-state index contributed by atoms with van der Waals surface area (Å²) in [4.78, 5) is 38.8. The monoisotopic (exact) mass is 348 g/mol. The van der Waals surface area contributed by atoms with Crippen LogP contribution in [0.25, 0.3) is 0 Å². The normalized spacial score (nSPS) is 22.2. The van der Waals surface area contributed by atoms with Gasteiger partial charge >= 0.3 is 0 Å². The van der Waals surface area contributed by atoms with E-state index in [1.165, 1.54) is 4.90 Å². The van der Waals surface area contributed by atoms with E-state index in [1.807, 2.05) is 18.2 Å². The second kappa shape index (κ2) is 6.75. The number of nitrogens with one attached hydrogen (secondary N) is 1. The lowest BCUT2D eigenvalue weighted by Gasteiger charge is -2.19. The second-order valence-corrected chi connectivity index (χ2v) is 6.88. The van der Waals surface area contributed by atoms with Gasteiger partial charge in [-0.2, -0.15) is 0 Å². The Bertz CT molecular complexity index is 821. The number of nitrogens with zero attached hydrogens (tertiary/aromatic N) is 1. The molecule has 0 spiro atoms. The van der Waals surface area contributed by atoms with Gasteiger partial charge in [0, 0.05) is 11.3 Å². The van der Waals surface area contributed by atoms with Gasteiger partial charge in [-0.3, -0.25) is 19.3 Å². The van der Waals surface area contributed by atoms with Crippen LogP contribution < -0.4 is 10.2 Å². The molecular formula is C21H20N2O3. The number of amides is 3. The molecule has 2 fully saturated rings. The summed E-state index contributed by atoms with van der Waals surface area (Å²) in [6, 6.07) is 15.8. The molecule has 0 bridgehead atoms. The van der Waals surface area contributed by atoms with Gasteiger partial charge < -0.3 is 5.32 Å². The first-order valence-electron chi connectivity index (χ1n) is 8.99. The molecule has 132 valence electrons. The van der Waals surface area contributed by atoms with E-state index in [0.717, 1.165) is 25.7 Å². The summed E-state index contributed by atoms with van der Waals surface area (Å²) >= 11 is 0. The van der Waals surface area contributed by atoms with Crippen molar-refractivity contribution in [2.45, 2.75) is 25.7 Å². The maximum Gasteiger partial charge on any atom is 0.255 e. The first kappa shape index (κ1) is 16.5. The van der Waals surface area contributed by atoms with Gasteiger partial charge in [-0.25, -0.2) is 0 Å². The fraction of sp³-hybridized carbons (Fsp3) is 0.286. The SMILES string of the molecule is O=C(Nc1ccc(N2C(=O)[C@H]3CCCC[C@@H]3C2=O)cc1)c1ccccc1. The highest BCUT2D eigenvalue weighted by atomic mass is 16.2. The minimum absolute atomic E-state index is 0.0826. The van der Waals surface area contributed by atoms with Crippen molar-refractivity contribution < 1.29 is 14.4 Å². The Morgan fingerprint density at radius 1 is 0.846 bits per heavy atom. The van der Waals surface area contributed by atoms with Crippen LogP contribution in [0, 0.1) is 11.8 Å². The molecule has 5 heteroatoms. The Hall–Kier alpha value is -2.95. The number of benzene rings is 2. The van der Waals surface area contributed by atoms with Crippen LogP contribution in [0.15, 0.2) is 54.6 Å². The fourth-order valence-electron chi connectivity index (χ4n) is 3.90. The third-order valence-electron chi connectivity index (χ3n) is 5.26. The van der Waals surface area contributed by atoms with Crippen molar-refractivity contribution in [3.8, 4) is 0 Å². The molecule has 1 N–H and O–H groups in total. The van der Waals surface area contributed by atoms with Gasteiger partial charge in [0.25, 0.3) is 5.91 Å². The molecule has 1 saturated heterocycles. The number of hydrogen-bond donors (Lipinski definition) is 1. The van der Waals surface area contributed by atoms with E-state index in [0.29, 0.717) is 16.9 Å². The molecule has 1 aliphatic carbocycles. The topological polar surface area (TPSA) is 66.5 Å². The summed E-state index contributed by atoms with van der Waals surface area (Å²) in [5.74, 6) is -0.679. The summed E-state index contributed by atoms with van der Waals surface area (Å²) in [6.45, 7) is 0. The second-order valence-electron chi connectivity index (χ2n) is 6.88. The third kappa shape index (κ3) is 2.90. The lowest BCUT2D eigenvalue weighted by atomic mass is 9.81. The Kier molecular flexibility index (Phi) is 4.29. The molecule has 1 saturated carbocycles. The van der Waals surface area contributed by atoms with Crippen LogP contribution in [0.4, 0.5) is 11.4 Å². The van der Waals surface area contributed by atoms with Gasteiger partial charge in [-0.05, 0) is 49.2 Å². The average molecular weight is 348 g/mol. The number of rotatable bonds is 3. The number of carbonyl (C=O) groups excluding carboxylic acids is 3. The minimum Gasteiger partial charge on any atom is -0.322 e. The fourth-order valence-corrected chi connectivity index (χ4v) is 3.90. The molecule has 2 aromatic rings. The Balaban J connectivity index is 1.50. The highest BCUT2D eigenvalue weighted by Crippen LogP contribution is 2.40. The quantitative estimate of drug-likeness (QED) is 0.862. The van der Waals surface area contributed by atoms with Gasteiger partial charge in [0.1, 0.15) is 0 Å². The largest absolute Gasteiger partial charge is 0.322 e. The maximum atomic E-state index is 12.6. The summed E-state index contributed by atoms with van der Waals surface area (Å²) < 4.78 is 0. The molecule has 2 aliphatic rings. The van der Waals surface area contributed by atoms with Gasteiger partial charge in [-0.1, -0.05) is 31.0 Å². The summed E-state index contributed by atoms with van der Waals surface area (Å²) in [7, 11) is 0. The maximum absolute atomic E-state index is 12.6.